The molecule has 0 aliphatic rings. The van der Waals surface area contributed by atoms with Crippen molar-refractivity contribution in [3.63, 3.8) is 0 Å². The number of benzene rings is 1. The molecular weight excluding hydrogens is 351 g/mol. The Morgan fingerprint density at radius 1 is 0.929 bits per heavy atom. The molecule has 0 fully saturated rings. The van der Waals surface area contributed by atoms with Gasteiger partial charge in [0.1, 0.15) is 11.5 Å². The minimum atomic E-state index is -0.262. The summed E-state index contributed by atoms with van der Waals surface area (Å²) in [6, 6.07) is 14.3. The number of aromatic nitrogens is 4. The van der Waals surface area contributed by atoms with E-state index in [-0.39, 0.29) is 5.82 Å². The fourth-order valence-electron chi connectivity index (χ4n) is 3.17. The van der Waals surface area contributed by atoms with Gasteiger partial charge in [-0.3, -0.25) is 14.6 Å². The molecule has 0 N–H and O–H groups in total. The smallest absolute Gasteiger partial charge is 0.123 e. The van der Waals surface area contributed by atoms with Crippen LogP contribution >= 0.6 is 0 Å². The third-order valence-corrected chi connectivity index (χ3v) is 4.53. The van der Waals surface area contributed by atoms with Gasteiger partial charge >= 0.3 is 0 Å². The van der Waals surface area contributed by atoms with Crippen LogP contribution in [0.4, 0.5) is 4.39 Å². The first-order valence-electron chi connectivity index (χ1n) is 9.01. The largest absolute Gasteiger partial charge is 0.267 e. The monoisotopic (exact) mass is 370 g/mol. The van der Waals surface area contributed by atoms with Gasteiger partial charge in [-0.05, 0) is 66.1 Å². The standard InChI is InChI=1S/C23H19FN4/c1-28-21(6-2-4-17-5-3-13-26-16-17)22(18-11-14-25-15-12-18)23(27-28)19-7-9-20(24)10-8-19/h2-3,5-16H,4H2,1H3/b6-2+. The highest BCUT2D eigenvalue weighted by Gasteiger charge is 2.17. The highest BCUT2D eigenvalue weighted by atomic mass is 19.1. The number of aryl methyl sites for hydroxylation is 1. The molecule has 0 amide bonds. The second-order valence-electron chi connectivity index (χ2n) is 6.44. The third-order valence-electron chi connectivity index (χ3n) is 4.53. The third kappa shape index (κ3) is 3.74. The van der Waals surface area contributed by atoms with Gasteiger partial charge in [-0.25, -0.2) is 4.39 Å². The molecule has 1 aromatic carbocycles. The molecule has 0 bridgehead atoms. The fourth-order valence-corrected chi connectivity index (χ4v) is 3.17. The van der Waals surface area contributed by atoms with Crippen LogP contribution < -0.4 is 0 Å². The maximum Gasteiger partial charge on any atom is 0.123 e. The maximum atomic E-state index is 13.4. The average molecular weight is 370 g/mol. The SMILES string of the molecule is Cn1nc(-c2ccc(F)cc2)c(-c2ccncc2)c1/C=C/Cc1cccnc1. The lowest BCUT2D eigenvalue weighted by Gasteiger charge is -2.05. The molecule has 4 aromatic rings. The molecule has 0 aliphatic heterocycles. The molecule has 4 nitrogen and oxygen atoms in total. The first kappa shape index (κ1) is 17.8. The van der Waals surface area contributed by atoms with Crippen molar-refractivity contribution in [3.05, 3.63) is 96.5 Å². The summed E-state index contributed by atoms with van der Waals surface area (Å²) in [7, 11) is 1.92. The van der Waals surface area contributed by atoms with Crippen LogP contribution in [0, 0.1) is 5.82 Å². The van der Waals surface area contributed by atoms with Gasteiger partial charge in [0.2, 0.25) is 0 Å². The molecule has 138 valence electrons. The Kier molecular flexibility index (Phi) is 5.06. The lowest BCUT2D eigenvalue weighted by atomic mass is 9.99. The summed E-state index contributed by atoms with van der Waals surface area (Å²) in [5.41, 5.74) is 5.83. The number of hydrogen-bond donors (Lipinski definition) is 0. The van der Waals surface area contributed by atoms with Crippen molar-refractivity contribution < 1.29 is 4.39 Å². The lowest BCUT2D eigenvalue weighted by Crippen LogP contribution is -1.94. The zero-order valence-electron chi connectivity index (χ0n) is 15.5. The van der Waals surface area contributed by atoms with Gasteiger partial charge < -0.3 is 0 Å². The zero-order chi connectivity index (χ0) is 19.3. The number of rotatable bonds is 5. The van der Waals surface area contributed by atoms with Crippen molar-refractivity contribution in [2.24, 2.45) is 7.05 Å². The topological polar surface area (TPSA) is 43.6 Å². The van der Waals surface area contributed by atoms with Crippen LogP contribution in [0.25, 0.3) is 28.5 Å². The Labute approximate surface area is 163 Å². The summed E-state index contributed by atoms with van der Waals surface area (Å²) in [6.07, 6.45) is 12.1. The van der Waals surface area contributed by atoms with Crippen molar-refractivity contribution in [2.45, 2.75) is 6.42 Å². The number of halogens is 1. The molecule has 0 atom stereocenters. The minimum Gasteiger partial charge on any atom is -0.267 e. The summed E-state index contributed by atoms with van der Waals surface area (Å²) < 4.78 is 15.2. The van der Waals surface area contributed by atoms with E-state index in [0.717, 1.165) is 40.1 Å². The van der Waals surface area contributed by atoms with Gasteiger partial charge in [-0.2, -0.15) is 5.10 Å². The quantitative estimate of drug-likeness (QED) is 0.500. The molecule has 3 aromatic heterocycles. The molecule has 0 unspecified atom stereocenters. The second kappa shape index (κ2) is 7.96. The Bertz CT molecular complexity index is 1080. The van der Waals surface area contributed by atoms with E-state index < -0.39 is 0 Å². The van der Waals surface area contributed by atoms with Crippen LogP contribution in [0.5, 0.6) is 0 Å². The zero-order valence-corrected chi connectivity index (χ0v) is 15.5. The van der Waals surface area contributed by atoms with E-state index in [4.69, 9.17) is 5.10 Å². The first-order valence-corrected chi connectivity index (χ1v) is 9.01. The van der Waals surface area contributed by atoms with E-state index in [1.54, 1.807) is 30.7 Å². The van der Waals surface area contributed by atoms with Gasteiger partial charge in [-0.1, -0.05) is 12.1 Å². The number of hydrogen-bond acceptors (Lipinski definition) is 3. The Hall–Kier alpha value is -3.60. The van der Waals surface area contributed by atoms with E-state index in [0.29, 0.717) is 0 Å². The van der Waals surface area contributed by atoms with Gasteiger partial charge in [0.15, 0.2) is 0 Å². The minimum absolute atomic E-state index is 0.262. The fraction of sp³-hybridized carbons (Fsp3) is 0.0870. The number of allylic oxidation sites excluding steroid dienone is 1. The Morgan fingerprint density at radius 2 is 1.71 bits per heavy atom. The second-order valence-corrected chi connectivity index (χ2v) is 6.44. The van der Waals surface area contributed by atoms with Crippen LogP contribution in [-0.2, 0) is 13.5 Å². The summed E-state index contributed by atoms with van der Waals surface area (Å²) in [4.78, 5) is 8.28. The first-order chi connectivity index (χ1) is 13.7. The molecule has 0 aliphatic carbocycles. The van der Waals surface area contributed by atoms with E-state index in [2.05, 4.69) is 22.1 Å². The van der Waals surface area contributed by atoms with Crippen molar-refractivity contribution in [1.82, 2.24) is 19.7 Å². The van der Waals surface area contributed by atoms with E-state index in [1.807, 2.05) is 42.2 Å². The van der Waals surface area contributed by atoms with E-state index in [1.165, 1.54) is 12.1 Å². The summed E-state index contributed by atoms with van der Waals surface area (Å²) in [6.45, 7) is 0. The van der Waals surface area contributed by atoms with E-state index >= 15 is 0 Å². The lowest BCUT2D eigenvalue weighted by molar-refractivity contribution is 0.628. The van der Waals surface area contributed by atoms with E-state index in [9.17, 15) is 4.39 Å². The van der Waals surface area contributed by atoms with Crippen LogP contribution in [-0.4, -0.2) is 19.7 Å². The predicted molar refractivity (Wildman–Crippen MR) is 109 cm³/mol. The highest BCUT2D eigenvalue weighted by molar-refractivity contribution is 5.86. The van der Waals surface area contributed by atoms with Crippen molar-refractivity contribution in [3.8, 4) is 22.4 Å². The molecular formula is C23H19FN4. The van der Waals surface area contributed by atoms with Crippen molar-refractivity contribution in [1.29, 1.82) is 0 Å². The molecule has 4 rings (SSSR count). The van der Waals surface area contributed by atoms with Crippen LogP contribution in [0.2, 0.25) is 0 Å². The number of pyridine rings is 2. The maximum absolute atomic E-state index is 13.4. The Balaban J connectivity index is 1.78. The van der Waals surface area contributed by atoms with Crippen molar-refractivity contribution >= 4 is 6.08 Å². The van der Waals surface area contributed by atoms with Gasteiger partial charge in [0.05, 0.1) is 5.69 Å². The van der Waals surface area contributed by atoms with Crippen LogP contribution in [0.1, 0.15) is 11.3 Å². The molecule has 5 heteroatoms. The van der Waals surface area contributed by atoms with Gasteiger partial charge in [-0.15, -0.1) is 0 Å². The molecule has 0 radical (unpaired) electrons. The summed E-state index contributed by atoms with van der Waals surface area (Å²) >= 11 is 0. The molecule has 3 heterocycles. The summed E-state index contributed by atoms with van der Waals surface area (Å²) in [5, 5.41) is 4.72. The molecule has 0 saturated heterocycles. The predicted octanol–water partition coefficient (Wildman–Crippen LogP) is 4.94. The molecule has 0 spiro atoms. The van der Waals surface area contributed by atoms with Gasteiger partial charge in [0.25, 0.3) is 0 Å². The summed E-state index contributed by atoms with van der Waals surface area (Å²) in [5.74, 6) is -0.262. The van der Waals surface area contributed by atoms with Crippen LogP contribution in [0.15, 0.2) is 79.4 Å². The average Bonchev–Trinajstić information content (AvgIpc) is 3.06. The number of nitrogens with zero attached hydrogens (tertiary/aromatic N) is 4. The highest BCUT2D eigenvalue weighted by Crippen LogP contribution is 2.34. The Morgan fingerprint density at radius 3 is 2.43 bits per heavy atom. The molecule has 0 saturated carbocycles. The van der Waals surface area contributed by atoms with Crippen LogP contribution in [0.3, 0.4) is 0 Å². The molecule has 28 heavy (non-hydrogen) atoms. The van der Waals surface area contributed by atoms with Gasteiger partial charge in [0, 0.05) is 43.0 Å². The van der Waals surface area contributed by atoms with Crippen molar-refractivity contribution in [2.75, 3.05) is 0 Å². The normalized spacial score (nSPS) is 11.2.